The summed E-state index contributed by atoms with van der Waals surface area (Å²) in [7, 11) is -3.86. The number of nitrogens with zero attached hydrogens (tertiary/aromatic N) is 3. The van der Waals surface area contributed by atoms with E-state index in [9.17, 15) is 13.2 Å². The Labute approximate surface area is 192 Å². The van der Waals surface area contributed by atoms with Crippen molar-refractivity contribution in [3.05, 3.63) is 76.4 Å². The molecule has 4 rings (SSSR count). The van der Waals surface area contributed by atoms with E-state index in [-0.39, 0.29) is 23.9 Å². The summed E-state index contributed by atoms with van der Waals surface area (Å²) in [4.78, 5) is 18.6. The minimum atomic E-state index is -3.86. The lowest BCUT2D eigenvalue weighted by Gasteiger charge is -2.35. The third-order valence-corrected chi connectivity index (χ3v) is 8.23. The van der Waals surface area contributed by atoms with Crippen LogP contribution >= 0.6 is 11.3 Å². The molecule has 170 valence electrons. The van der Waals surface area contributed by atoms with Crippen LogP contribution in [-0.2, 0) is 27.9 Å². The van der Waals surface area contributed by atoms with Crippen molar-refractivity contribution >= 4 is 27.3 Å². The van der Waals surface area contributed by atoms with Crippen LogP contribution in [0.5, 0.6) is 0 Å². The molecule has 0 spiro atoms. The van der Waals surface area contributed by atoms with Crippen LogP contribution in [0.4, 0.5) is 0 Å². The van der Waals surface area contributed by atoms with E-state index in [1.807, 2.05) is 13.0 Å². The van der Waals surface area contributed by atoms with Crippen molar-refractivity contribution in [3.8, 4) is 0 Å². The Morgan fingerprint density at radius 3 is 2.44 bits per heavy atom. The molecule has 32 heavy (non-hydrogen) atoms. The van der Waals surface area contributed by atoms with E-state index in [2.05, 4.69) is 16.3 Å². The van der Waals surface area contributed by atoms with Crippen molar-refractivity contribution in [2.45, 2.75) is 24.9 Å². The van der Waals surface area contributed by atoms with E-state index in [1.54, 1.807) is 52.6 Å². The van der Waals surface area contributed by atoms with Crippen molar-refractivity contribution < 1.29 is 17.6 Å². The fourth-order valence-corrected chi connectivity index (χ4v) is 5.79. The Kier molecular flexibility index (Phi) is 7.10. The molecule has 0 N–H and O–H groups in total. The summed E-state index contributed by atoms with van der Waals surface area (Å²) in [5.74, 6) is 0.303. The lowest BCUT2D eigenvalue weighted by atomic mass is 10.2. The van der Waals surface area contributed by atoms with Gasteiger partial charge in [-0.15, -0.1) is 11.3 Å². The number of carbonyl (C=O) groups is 1. The van der Waals surface area contributed by atoms with Crippen LogP contribution in [-0.4, -0.2) is 61.2 Å². The first-order valence-electron chi connectivity index (χ1n) is 10.5. The smallest absolute Gasteiger partial charge is 0.243 e. The first kappa shape index (κ1) is 22.7. The molecule has 1 saturated heterocycles. The average molecular weight is 474 g/mol. The van der Waals surface area contributed by atoms with Gasteiger partial charge in [-0.2, -0.15) is 4.31 Å². The monoisotopic (exact) mass is 473 g/mol. The van der Waals surface area contributed by atoms with Crippen LogP contribution in [0, 0.1) is 6.92 Å². The minimum Gasteiger partial charge on any atom is -0.468 e. The second kappa shape index (κ2) is 9.99. The topological polar surface area (TPSA) is 74.1 Å². The van der Waals surface area contributed by atoms with Crippen LogP contribution in [0.15, 0.2) is 69.5 Å². The molecule has 9 heteroatoms. The lowest BCUT2D eigenvalue weighted by molar-refractivity contribution is -0.133. The molecular formula is C23H27N3O4S2. The van der Waals surface area contributed by atoms with Gasteiger partial charge in [-0.3, -0.25) is 9.69 Å². The second-order valence-corrected chi connectivity index (χ2v) is 10.9. The Balaban J connectivity index is 1.44. The zero-order valence-corrected chi connectivity index (χ0v) is 19.6. The molecule has 7 nitrogen and oxygen atoms in total. The van der Waals surface area contributed by atoms with Gasteiger partial charge in [0.05, 0.1) is 24.2 Å². The van der Waals surface area contributed by atoms with Gasteiger partial charge < -0.3 is 9.32 Å². The predicted molar refractivity (Wildman–Crippen MR) is 124 cm³/mol. The quantitative estimate of drug-likeness (QED) is 0.502. The highest BCUT2D eigenvalue weighted by Crippen LogP contribution is 2.20. The number of hydrogen-bond acceptors (Lipinski definition) is 6. The fraction of sp³-hybridized carbons (Fsp3) is 0.348. The summed E-state index contributed by atoms with van der Waals surface area (Å²) in [5.41, 5.74) is 0.970. The van der Waals surface area contributed by atoms with Gasteiger partial charge >= 0.3 is 0 Å². The number of furan rings is 1. The number of piperazine rings is 1. The Morgan fingerprint density at radius 1 is 1.06 bits per heavy atom. The van der Waals surface area contributed by atoms with E-state index in [1.165, 1.54) is 15.4 Å². The number of sulfonamides is 1. The zero-order chi connectivity index (χ0) is 22.6. The van der Waals surface area contributed by atoms with Gasteiger partial charge in [0, 0.05) is 37.6 Å². The molecule has 0 unspecified atom stereocenters. The standard InChI is InChI=1S/C23H27N3O4S2/c1-19-6-8-22(9-7-19)32(28,29)26(16-20-4-2-14-30-20)18-23(27)25-12-10-24(11-13-25)17-21-5-3-15-31-21/h2-9,14-15H,10-13,16-18H2,1H3. The van der Waals surface area contributed by atoms with E-state index in [4.69, 9.17) is 4.42 Å². The van der Waals surface area contributed by atoms with Gasteiger partial charge in [-0.1, -0.05) is 23.8 Å². The molecule has 1 aliphatic heterocycles. The summed E-state index contributed by atoms with van der Waals surface area (Å²) >= 11 is 1.73. The molecule has 3 heterocycles. The number of carbonyl (C=O) groups excluding carboxylic acids is 1. The van der Waals surface area contributed by atoms with E-state index < -0.39 is 10.0 Å². The maximum absolute atomic E-state index is 13.3. The van der Waals surface area contributed by atoms with Crippen molar-refractivity contribution in [2.24, 2.45) is 0 Å². The molecule has 1 aliphatic rings. The van der Waals surface area contributed by atoms with Gasteiger partial charge in [-0.05, 0) is 42.6 Å². The summed E-state index contributed by atoms with van der Waals surface area (Å²) in [5, 5.41) is 2.07. The molecule has 1 amide bonds. The Morgan fingerprint density at radius 2 is 1.81 bits per heavy atom. The number of aryl methyl sites for hydroxylation is 1. The first-order valence-corrected chi connectivity index (χ1v) is 12.9. The van der Waals surface area contributed by atoms with Gasteiger partial charge in [0.25, 0.3) is 0 Å². The molecule has 2 aromatic heterocycles. The number of benzene rings is 1. The van der Waals surface area contributed by atoms with Crippen LogP contribution in [0.1, 0.15) is 16.2 Å². The molecule has 0 saturated carbocycles. The number of thiophene rings is 1. The van der Waals surface area contributed by atoms with Gasteiger partial charge in [0.15, 0.2) is 0 Å². The number of amides is 1. The summed E-state index contributed by atoms with van der Waals surface area (Å²) < 4.78 is 33.2. The van der Waals surface area contributed by atoms with E-state index >= 15 is 0 Å². The van der Waals surface area contributed by atoms with E-state index in [0.29, 0.717) is 18.8 Å². The van der Waals surface area contributed by atoms with Crippen molar-refractivity contribution in [3.63, 3.8) is 0 Å². The van der Waals surface area contributed by atoms with Crippen LogP contribution in [0.3, 0.4) is 0 Å². The van der Waals surface area contributed by atoms with E-state index in [0.717, 1.165) is 25.2 Å². The van der Waals surface area contributed by atoms with Crippen LogP contribution in [0.2, 0.25) is 0 Å². The SMILES string of the molecule is Cc1ccc(S(=O)(=O)N(CC(=O)N2CCN(Cc3cccs3)CC2)Cc2ccco2)cc1. The highest BCUT2D eigenvalue weighted by atomic mass is 32.2. The van der Waals surface area contributed by atoms with Gasteiger partial charge in [-0.25, -0.2) is 8.42 Å². The summed E-state index contributed by atoms with van der Waals surface area (Å²) in [6, 6.07) is 14.2. The summed E-state index contributed by atoms with van der Waals surface area (Å²) in [6.45, 7) is 5.28. The minimum absolute atomic E-state index is 0.00723. The zero-order valence-electron chi connectivity index (χ0n) is 18.0. The molecule has 0 atom stereocenters. The lowest BCUT2D eigenvalue weighted by Crippen LogP contribution is -2.51. The van der Waals surface area contributed by atoms with Gasteiger partial charge in [0.2, 0.25) is 15.9 Å². The third-order valence-electron chi connectivity index (χ3n) is 5.57. The highest BCUT2D eigenvalue weighted by molar-refractivity contribution is 7.89. The first-order chi connectivity index (χ1) is 15.4. The highest BCUT2D eigenvalue weighted by Gasteiger charge is 2.30. The van der Waals surface area contributed by atoms with Crippen molar-refractivity contribution in [1.82, 2.24) is 14.1 Å². The van der Waals surface area contributed by atoms with Gasteiger partial charge in [0.1, 0.15) is 5.76 Å². The predicted octanol–water partition coefficient (Wildman–Crippen LogP) is 3.18. The fourth-order valence-electron chi connectivity index (χ4n) is 3.69. The summed E-state index contributed by atoms with van der Waals surface area (Å²) in [6.07, 6.45) is 1.50. The number of hydrogen-bond donors (Lipinski definition) is 0. The van der Waals surface area contributed by atoms with Crippen molar-refractivity contribution in [1.29, 1.82) is 0 Å². The Bertz CT molecular complexity index is 1100. The maximum Gasteiger partial charge on any atom is 0.243 e. The molecular weight excluding hydrogens is 446 g/mol. The molecule has 0 radical (unpaired) electrons. The third kappa shape index (κ3) is 5.47. The molecule has 0 aliphatic carbocycles. The largest absolute Gasteiger partial charge is 0.468 e. The van der Waals surface area contributed by atoms with Crippen molar-refractivity contribution in [2.75, 3.05) is 32.7 Å². The van der Waals surface area contributed by atoms with Crippen LogP contribution < -0.4 is 0 Å². The molecule has 0 bridgehead atoms. The number of rotatable bonds is 8. The Hall–Kier alpha value is -2.46. The van der Waals surface area contributed by atoms with Crippen LogP contribution in [0.25, 0.3) is 0 Å². The molecule has 3 aromatic rings. The molecule has 1 aromatic carbocycles. The maximum atomic E-state index is 13.3. The normalized spacial score (nSPS) is 15.4. The molecule has 1 fully saturated rings. The second-order valence-electron chi connectivity index (χ2n) is 7.90. The average Bonchev–Trinajstić information content (AvgIpc) is 3.48.